The van der Waals surface area contributed by atoms with Gasteiger partial charge in [-0.25, -0.2) is 0 Å². The van der Waals surface area contributed by atoms with Crippen molar-refractivity contribution in [2.24, 2.45) is 0 Å². The number of carbonyl (C=O) groups is 2. The van der Waals surface area contributed by atoms with E-state index in [1.54, 1.807) is 0 Å². The lowest BCUT2D eigenvalue weighted by Gasteiger charge is -2.35. The fourth-order valence-electron chi connectivity index (χ4n) is 3.57. The number of hydrogen-bond acceptors (Lipinski definition) is 5. The van der Waals surface area contributed by atoms with Crippen LogP contribution in [-0.2, 0) is 16.1 Å². The summed E-state index contributed by atoms with van der Waals surface area (Å²) < 4.78 is 0.443. The molecule has 5 nitrogen and oxygen atoms in total. The highest BCUT2D eigenvalue weighted by Crippen LogP contribution is 2.32. The average molecular weight is 438 g/mol. The van der Waals surface area contributed by atoms with Gasteiger partial charge in [0, 0.05) is 32.7 Å². The van der Waals surface area contributed by atoms with E-state index < -0.39 is 0 Å². The van der Waals surface area contributed by atoms with Gasteiger partial charge in [0.05, 0.1) is 4.91 Å². The maximum Gasteiger partial charge on any atom is 0.266 e. The normalized spacial score (nSPS) is 19.0. The Morgan fingerprint density at radius 3 is 2.27 bits per heavy atom. The van der Waals surface area contributed by atoms with Crippen molar-refractivity contribution in [1.29, 1.82) is 0 Å². The first-order valence-corrected chi connectivity index (χ1v) is 11.2. The van der Waals surface area contributed by atoms with E-state index in [2.05, 4.69) is 17.0 Å². The monoisotopic (exact) mass is 437 g/mol. The molecule has 2 aliphatic rings. The van der Waals surface area contributed by atoms with Gasteiger partial charge in [-0.15, -0.1) is 0 Å². The van der Waals surface area contributed by atoms with Gasteiger partial charge in [0.15, 0.2) is 0 Å². The third-order valence-corrected chi connectivity index (χ3v) is 6.62. The molecule has 30 heavy (non-hydrogen) atoms. The topological polar surface area (TPSA) is 43.9 Å². The number of hydrogen-bond donors (Lipinski definition) is 0. The molecule has 0 spiro atoms. The standard InChI is InChI=1S/C23H23N3O2S2/c27-21(25-13-11-24(12-14-25)16-19-9-5-2-6-10-19)17-26-22(28)20(30-23(26)29)15-18-7-3-1-4-8-18/h1-10,15H,11-14,16-17H2/b20-15+. The van der Waals surface area contributed by atoms with Crippen molar-refractivity contribution in [3.63, 3.8) is 0 Å². The minimum Gasteiger partial charge on any atom is -0.339 e. The van der Waals surface area contributed by atoms with Gasteiger partial charge in [0.25, 0.3) is 5.91 Å². The first kappa shape index (κ1) is 20.8. The van der Waals surface area contributed by atoms with Crippen LogP contribution in [0.4, 0.5) is 0 Å². The van der Waals surface area contributed by atoms with Gasteiger partial charge >= 0.3 is 0 Å². The van der Waals surface area contributed by atoms with E-state index in [0.717, 1.165) is 25.2 Å². The summed E-state index contributed by atoms with van der Waals surface area (Å²) in [5.41, 5.74) is 2.22. The number of benzene rings is 2. The smallest absolute Gasteiger partial charge is 0.266 e. The summed E-state index contributed by atoms with van der Waals surface area (Å²) in [6.45, 7) is 3.89. The van der Waals surface area contributed by atoms with Crippen LogP contribution in [-0.4, -0.2) is 63.6 Å². The first-order chi connectivity index (χ1) is 14.6. The fraction of sp³-hybridized carbons (Fsp3) is 0.261. The molecule has 0 N–H and O–H groups in total. The van der Waals surface area contributed by atoms with Gasteiger partial charge < -0.3 is 4.90 Å². The number of amides is 2. The summed E-state index contributed by atoms with van der Waals surface area (Å²) in [6.07, 6.45) is 1.83. The first-order valence-electron chi connectivity index (χ1n) is 9.94. The molecule has 2 amide bonds. The molecule has 0 aromatic heterocycles. The average Bonchev–Trinajstić information content (AvgIpc) is 3.03. The minimum absolute atomic E-state index is 0.00941. The van der Waals surface area contributed by atoms with Crippen molar-refractivity contribution in [3.8, 4) is 0 Å². The zero-order valence-electron chi connectivity index (χ0n) is 16.6. The van der Waals surface area contributed by atoms with Crippen LogP contribution in [0.5, 0.6) is 0 Å². The van der Waals surface area contributed by atoms with Crippen LogP contribution in [0.3, 0.4) is 0 Å². The van der Waals surface area contributed by atoms with E-state index in [4.69, 9.17) is 12.2 Å². The zero-order valence-corrected chi connectivity index (χ0v) is 18.2. The molecule has 0 radical (unpaired) electrons. The van der Waals surface area contributed by atoms with Crippen molar-refractivity contribution in [2.75, 3.05) is 32.7 Å². The Balaban J connectivity index is 1.31. The van der Waals surface area contributed by atoms with Crippen LogP contribution in [0.1, 0.15) is 11.1 Å². The molecule has 0 atom stereocenters. The lowest BCUT2D eigenvalue weighted by Crippen LogP contribution is -2.51. The van der Waals surface area contributed by atoms with Gasteiger partial charge in [0.1, 0.15) is 10.9 Å². The third-order valence-electron chi connectivity index (χ3n) is 5.24. The van der Waals surface area contributed by atoms with Gasteiger partial charge in [-0.3, -0.25) is 19.4 Å². The Hall–Kier alpha value is -2.48. The molecule has 2 fully saturated rings. The van der Waals surface area contributed by atoms with Crippen LogP contribution in [0.25, 0.3) is 6.08 Å². The van der Waals surface area contributed by atoms with Gasteiger partial charge in [-0.2, -0.15) is 0 Å². The van der Waals surface area contributed by atoms with Crippen molar-refractivity contribution < 1.29 is 9.59 Å². The number of nitrogens with zero attached hydrogens (tertiary/aromatic N) is 3. The SMILES string of the molecule is O=C(CN1C(=O)/C(=C\c2ccccc2)SC1=S)N1CCN(Cc2ccccc2)CC1. The third kappa shape index (κ3) is 4.98. The molecule has 0 bridgehead atoms. The van der Waals surface area contributed by atoms with Gasteiger partial charge in [0.2, 0.25) is 5.91 Å². The molecule has 154 valence electrons. The zero-order chi connectivity index (χ0) is 20.9. The van der Waals surface area contributed by atoms with E-state index in [0.29, 0.717) is 22.3 Å². The molecule has 2 heterocycles. The molecular weight excluding hydrogens is 414 g/mol. The summed E-state index contributed by atoms with van der Waals surface area (Å²) in [7, 11) is 0. The summed E-state index contributed by atoms with van der Waals surface area (Å²) in [5.74, 6) is -0.239. The molecule has 4 rings (SSSR count). The quantitative estimate of drug-likeness (QED) is 0.531. The highest BCUT2D eigenvalue weighted by Gasteiger charge is 2.34. The van der Waals surface area contributed by atoms with Crippen LogP contribution < -0.4 is 0 Å². The highest BCUT2D eigenvalue weighted by atomic mass is 32.2. The fourth-order valence-corrected chi connectivity index (χ4v) is 4.82. The Bertz CT molecular complexity index is 955. The second kappa shape index (κ2) is 9.55. The van der Waals surface area contributed by atoms with E-state index in [-0.39, 0.29) is 18.4 Å². The minimum atomic E-state index is -0.190. The lowest BCUT2D eigenvalue weighted by molar-refractivity contribution is -0.136. The second-order valence-electron chi connectivity index (χ2n) is 7.32. The lowest BCUT2D eigenvalue weighted by atomic mass is 10.2. The largest absolute Gasteiger partial charge is 0.339 e. The van der Waals surface area contributed by atoms with Crippen LogP contribution >= 0.6 is 24.0 Å². The van der Waals surface area contributed by atoms with E-state index in [9.17, 15) is 9.59 Å². The number of piperazine rings is 1. The van der Waals surface area contributed by atoms with E-state index in [1.807, 2.05) is 59.5 Å². The van der Waals surface area contributed by atoms with E-state index >= 15 is 0 Å². The summed E-state index contributed by atoms with van der Waals surface area (Å²) in [6, 6.07) is 20.0. The number of thiocarbonyl (C=S) groups is 1. The molecule has 7 heteroatoms. The predicted octanol–water partition coefficient (Wildman–Crippen LogP) is 3.23. The molecule has 2 aromatic carbocycles. The molecule has 0 unspecified atom stereocenters. The van der Waals surface area contributed by atoms with Crippen molar-refractivity contribution in [2.45, 2.75) is 6.54 Å². The van der Waals surface area contributed by atoms with Gasteiger partial charge in [-0.05, 0) is 17.2 Å². The number of thioether (sulfide) groups is 1. The van der Waals surface area contributed by atoms with Crippen LogP contribution in [0, 0.1) is 0 Å². The molecule has 2 aliphatic heterocycles. The Morgan fingerprint density at radius 1 is 0.967 bits per heavy atom. The molecule has 2 saturated heterocycles. The van der Waals surface area contributed by atoms with Crippen molar-refractivity contribution in [3.05, 3.63) is 76.7 Å². The summed E-state index contributed by atoms with van der Waals surface area (Å²) >= 11 is 6.63. The van der Waals surface area contributed by atoms with Crippen molar-refractivity contribution in [1.82, 2.24) is 14.7 Å². The maximum atomic E-state index is 12.8. The summed E-state index contributed by atoms with van der Waals surface area (Å²) in [5, 5.41) is 0. The van der Waals surface area contributed by atoms with Crippen molar-refractivity contribution >= 4 is 46.2 Å². The maximum absolute atomic E-state index is 12.8. The van der Waals surface area contributed by atoms with E-state index in [1.165, 1.54) is 22.2 Å². The Morgan fingerprint density at radius 2 is 1.60 bits per heavy atom. The molecule has 2 aromatic rings. The number of rotatable bonds is 5. The molecule has 0 saturated carbocycles. The van der Waals surface area contributed by atoms with Crippen LogP contribution in [0.15, 0.2) is 65.6 Å². The Kier molecular flexibility index (Phi) is 6.62. The Labute approximate surface area is 186 Å². The molecule has 0 aliphatic carbocycles. The predicted molar refractivity (Wildman–Crippen MR) is 125 cm³/mol. The van der Waals surface area contributed by atoms with Gasteiger partial charge in [-0.1, -0.05) is 84.6 Å². The number of carbonyl (C=O) groups excluding carboxylic acids is 2. The highest BCUT2D eigenvalue weighted by molar-refractivity contribution is 8.26. The molecular formula is C23H23N3O2S2. The summed E-state index contributed by atoms with van der Waals surface area (Å²) in [4.78, 5) is 31.7. The second-order valence-corrected chi connectivity index (χ2v) is 9.00. The van der Waals surface area contributed by atoms with Crippen LogP contribution in [0.2, 0.25) is 0 Å².